The molecule has 1 atom stereocenters. The Morgan fingerprint density at radius 3 is 3.08 bits per heavy atom. The van der Waals surface area contributed by atoms with Crippen molar-refractivity contribution < 1.29 is 5.11 Å². The Bertz CT molecular complexity index is 246. The number of hydrogen-bond donors (Lipinski definition) is 2. The molecule has 72 valence electrons. The van der Waals surface area contributed by atoms with Gasteiger partial charge in [-0.2, -0.15) is 0 Å². The smallest absolute Gasteiger partial charge is 0.0794 e. The molecule has 4 heteroatoms. The van der Waals surface area contributed by atoms with Gasteiger partial charge in [0.1, 0.15) is 0 Å². The molecule has 1 aliphatic rings. The number of aliphatic hydroxyl groups is 1. The van der Waals surface area contributed by atoms with Crippen molar-refractivity contribution in [3.8, 4) is 0 Å². The summed E-state index contributed by atoms with van der Waals surface area (Å²) in [5.74, 6) is 0.770. The van der Waals surface area contributed by atoms with Crippen LogP contribution in [0.1, 0.15) is 23.8 Å². The van der Waals surface area contributed by atoms with Gasteiger partial charge in [-0.25, -0.2) is 0 Å². The summed E-state index contributed by atoms with van der Waals surface area (Å²) >= 11 is 1.69. The molecule has 1 aromatic heterocycles. The maximum Gasteiger partial charge on any atom is 0.0794 e. The number of rotatable bonds is 5. The largest absolute Gasteiger partial charge is 0.395 e. The van der Waals surface area contributed by atoms with Gasteiger partial charge in [-0.05, 0) is 18.8 Å². The first-order valence-electron chi connectivity index (χ1n) is 4.64. The molecular formula is C9H14N2OS. The fourth-order valence-corrected chi connectivity index (χ4v) is 2.32. The van der Waals surface area contributed by atoms with Gasteiger partial charge in [0.25, 0.3) is 0 Å². The van der Waals surface area contributed by atoms with E-state index in [0.29, 0.717) is 12.6 Å². The third-order valence-electron chi connectivity index (χ3n) is 2.33. The topological polar surface area (TPSA) is 45.1 Å². The average molecular weight is 198 g/mol. The highest BCUT2D eigenvalue weighted by Gasteiger charge is 2.32. The van der Waals surface area contributed by atoms with E-state index < -0.39 is 0 Å². The van der Waals surface area contributed by atoms with Crippen molar-refractivity contribution in [2.75, 3.05) is 13.2 Å². The second-order valence-electron chi connectivity index (χ2n) is 3.40. The zero-order valence-electron chi connectivity index (χ0n) is 7.44. The molecular weight excluding hydrogens is 184 g/mol. The number of nitrogens with one attached hydrogen (secondary N) is 1. The molecule has 2 rings (SSSR count). The second-order valence-corrected chi connectivity index (χ2v) is 4.31. The number of nitrogens with zero attached hydrogens (tertiary/aromatic N) is 1. The zero-order chi connectivity index (χ0) is 9.10. The van der Waals surface area contributed by atoms with Gasteiger partial charge in [0.05, 0.1) is 12.1 Å². The minimum atomic E-state index is 0.210. The lowest BCUT2D eigenvalue weighted by atomic mass is 10.1. The molecule has 1 unspecified atom stereocenters. The number of thiazole rings is 1. The molecule has 0 aromatic carbocycles. The van der Waals surface area contributed by atoms with E-state index in [1.807, 2.05) is 11.7 Å². The minimum absolute atomic E-state index is 0.210. The van der Waals surface area contributed by atoms with Crippen LogP contribution >= 0.6 is 11.3 Å². The fraction of sp³-hybridized carbons (Fsp3) is 0.667. The van der Waals surface area contributed by atoms with Crippen LogP contribution in [0.2, 0.25) is 0 Å². The Hall–Kier alpha value is -0.450. The van der Waals surface area contributed by atoms with Crippen LogP contribution in [0, 0.1) is 5.92 Å². The summed E-state index contributed by atoms with van der Waals surface area (Å²) in [4.78, 5) is 5.38. The van der Waals surface area contributed by atoms with E-state index >= 15 is 0 Å². The first-order chi connectivity index (χ1) is 6.42. The molecule has 2 N–H and O–H groups in total. The summed E-state index contributed by atoms with van der Waals surface area (Å²) in [6, 6.07) is 0.430. The van der Waals surface area contributed by atoms with Crippen LogP contribution in [0.5, 0.6) is 0 Å². The van der Waals surface area contributed by atoms with E-state index in [1.165, 1.54) is 17.7 Å². The molecule has 0 radical (unpaired) electrons. The third-order valence-corrected chi connectivity index (χ3v) is 3.19. The van der Waals surface area contributed by atoms with Crippen molar-refractivity contribution in [1.82, 2.24) is 10.3 Å². The molecule has 1 heterocycles. The third kappa shape index (κ3) is 2.27. The summed E-state index contributed by atoms with van der Waals surface area (Å²) in [7, 11) is 0. The highest BCUT2D eigenvalue weighted by Crippen LogP contribution is 2.41. The minimum Gasteiger partial charge on any atom is -0.395 e. The fourth-order valence-electron chi connectivity index (χ4n) is 1.53. The molecule has 0 aliphatic heterocycles. The maximum atomic E-state index is 8.74. The molecule has 0 amide bonds. The van der Waals surface area contributed by atoms with Crippen LogP contribution in [0.25, 0.3) is 0 Å². The van der Waals surface area contributed by atoms with Gasteiger partial charge in [0.2, 0.25) is 0 Å². The van der Waals surface area contributed by atoms with Crippen LogP contribution in [-0.4, -0.2) is 23.2 Å². The van der Waals surface area contributed by atoms with Crippen molar-refractivity contribution in [2.45, 2.75) is 18.9 Å². The molecule has 1 saturated carbocycles. The van der Waals surface area contributed by atoms with Crippen molar-refractivity contribution in [3.05, 3.63) is 16.6 Å². The molecule has 1 aliphatic carbocycles. The zero-order valence-corrected chi connectivity index (χ0v) is 8.26. The number of aliphatic hydroxyl groups excluding tert-OH is 1. The molecule has 0 bridgehead atoms. The highest BCUT2D eigenvalue weighted by atomic mass is 32.1. The van der Waals surface area contributed by atoms with Crippen LogP contribution in [-0.2, 0) is 0 Å². The van der Waals surface area contributed by atoms with E-state index in [9.17, 15) is 0 Å². The molecule has 1 fully saturated rings. The van der Waals surface area contributed by atoms with Crippen molar-refractivity contribution >= 4 is 11.3 Å². The van der Waals surface area contributed by atoms with Gasteiger partial charge in [0, 0.05) is 23.7 Å². The lowest BCUT2D eigenvalue weighted by molar-refractivity contribution is 0.281. The Kier molecular flexibility index (Phi) is 2.93. The summed E-state index contributed by atoms with van der Waals surface area (Å²) in [5, 5.41) is 12.1. The monoisotopic (exact) mass is 198 g/mol. The van der Waals surface area contributed by atoms with Gasteiger partial charge < -0.3 is 10.4 Å². The van der Waals surface area contributed by atoms with Gasteiger partial charge >= 0.3 is 0 Å². The Balaban J connectivity index is 1.97. The summed E-state index contributed by atoms with van der Waals surface area (Å²) in [6.45, 7) is 0.890. The van der Waals surface area contributed by atoms with Gasteiger partial charge in [-0.15, -0.1) is 11.3 Å². The van der Waals surface area contributed by atoms with E-state index in [0.717, 1.165) is 5.92 Å². The SMILES string of the molecule is OCCNC(c1cncs1)C1CC1. The molecule has 3 nitrogen and oxygen atoms in total. The predicted molar refractivity (Wildman–Crippen MR) is 52.7 cm³/mol. The Labute approximate surface area is 81.8 Å². The summed E-state index contributed by atoms with van der Waals surface area (Å²) in [5.41, 5.74) is 1.87. The molecule has 1 aromatic rings. The van der Waals surface area contributed by atoms with E-state index in [4.69, 9.17) is 5.11 Å². The van der Waals surface area contributed by atoms with Crippen LogP contribution in [0.3, 0.4) is 0 Å². The second kappa shape index (κ2) is 4.17. The normalized spacial score (nSPS) is 18.8. The van der Waals surface area contributed by atoms with Crippen molar-refractivity contribution in [3.63, 3.8) is 0 Å². The van der Waals surface area contributed by atoms with Crippen LogP contribution < -0.4 is 5.32 Å². The Morgan fingerprint density at radius 1 is 1.69 bits per heavy atom. The summed E-state index contributed by atoms with van der Waals surface area (Å²) < 4.78 is 0. The molecule has 0 spiro atoms. The van der Waals surface area contributed by atoms with Crippen molar-refractivity contribution in [1.29, 1.82) is 0 Å². The highest BCUT2D eigenvalue weighted by molar-refractivity contribution is 7.09. The van der Waals surface area contributed by atoms with E-state index in [2.05, 4.69) is 10.3 Å². The first-order valence-corrected chi connectivity index (χ1v) is 5.52. The van der Waals surface area contributed by atoms with Gasteiger partial charge in [0.15, 0.2) is 0 Å². The van der Waals surface area contributed by atoms with Gasteiger partial charge in [-0.1, -0.05) is 0 Å². The standard InChI is InChI=1S/C9H14N2OS/c12-4-3-11-9(7-1-2-7)8-5-10-6-13-8/h5-7,9,11-12H,1-4H2. The lowest BCUT2D eigenvalue weighted by Crippen LogP contribution is -2.25. The average Bonchev–Trinajstić information content (AvgIpc) is 2.82. The molecule has 0 saturated heterocycles. The molecule has 13 heavy (non-hydrogen) atoms. The van der Waals surface area contributed by atoms with Crippen molar-refractivity contribution in [2.24, 2.45) is 5.92 Å². The van der Waals surface area contributed by atoms with E-state index in [1.54, 1.807) is 11.3 Å². The first kappa shape index (κ1) is 9.12. The number of aromatic nitrogens is 1. The lowest BCUT2D eigenvalue weighted by Gasteiger charge is -2.14. The van der Waals surface area contributed by atoms with Crippen LogP contribution in [0.4, 0.5) is 0 Å². The summed E-state index contributed by atoms with van der Waals surface area (Å²) in [6.07, 6.45) is 4.54. The van der Waals surface area contributed by atoms with E-state index in [-0.39, 0.29) is 6.61 Å². The quantitative estimate of drug-likeness (QED) is 0.746. The maximum absolute atomic E-state index is 8.74. The predicted octanol–water partition coefficient (Wildman–Crippen LogP) is 1.18. The Morgan fingerprint density at radius 2 is 2.54 bits per heavy atom. The number of hydrogen-bond acceptors (Lipinski definition) is 4. The van der Waals surface area contributed by atoms with Gasteiger partial charge in [-0.3, -0.25) is 4.98 Å². The van der Waals surface area contributed by atoms with Crippen LogP contribution in [0.15, 0.2) is 11.7 Å².